The molecule has 5 heteroatoms. The van der Waals surface area contributed by atoms with Crippen molar-refractivity contribution in [2.75, 3.05) is 13.6 Å². The molecule has 0 heterocycles. The Balaban J connectivity index is 3.97. The highest BCUT2D eigenvalue weighted by Gasteiger charge is 2.02. The summed E-state index contributed by atoms with van der Waals surface area (Å²) < 4.78 is 0. The molecule has 0 aliphatic carbocycles. The molecule has 0 aliphatic heterocycles. The summed E-state index contributed by atoms with van der Waals surface area (Å²) in [6.45, 7) is 2.43. The van der Waals surface area contributed by atoms with E-state index in [-0.39, 0.29) is 5.96 Å². The summed E-state index contributed by atoms with van der Waals surface area (Å²) in [6, 6.07) is -0.414. The Morgan fingerprint density at radius 3 is 2.40 bits per heavy atom. The predicted octanol–water partition coefficient (Wildman–Crippen LogP) is -0.668. The zero-order valence-corrected chi connectivity index (χ0v) is 6.16. The SMILES string of the molecule is CCN(C)C(=O)N=C(N)N. The van der Waals surface area contributed by atoms with E-state index in [2.05, 4.69) is 4.99 Å². The van der Waals surface area contributed by atoms with Crippen LogP contribution in [-0.4, -0.2) is 30.5 Å². The number of carbonyl (C=O) groups excluding carboxylic acids is 1. The third-order valence-corrected chi connectivity index (χ3v) is 1.03. The van der Waals surface area contributed by atoms with Crippen molar-refractivity contribution in [1.82, 2.24) is 4.90 Å². The van der Waals surface area contributed by atoms with Crippen LogP contribution in [0.4, 0.5) is 4.79 Å². The van der Waals surface area contributed by atoms with Crippen LogP contribution in [0, 0.1) is 0 Å². The molecule has 0 saturated heterocycles. The molecule has 0 aromatic rings. The van der Waals surface area contributed by atoms with Gasteiger partial charge in [-0.05, 0) is 6.92 Å². The van der Waals surface area contributed by atoms with Gasteiger partial charge in [0, 0.05) is 13.6 Å². The number of urea groups is 1. The van der Waals surface area contributed by atoms with Gasteiger partial charge >= 0.3 is 6.03 Å². The summed E-state index contributed by atoms with van der Waals surface area (Å²) in [5.74, 6) is -0.203. The highest BCUT2D eigenvalue weighted by atomic mass is 16.2. The second-order valence-corrected chi connectivity index (χ2v) is 1.83. The summed E-state index contributed by atoms with van der Waals surface area (Å²) in [5.41, 5.74) is 9.93. The lowest BCUT2D eigenvalue weighted by molar-refractivity contribution is 0.221. The van der Waals surface area contributed by atoms with Gasteiger partial charge in [0.1, 0.15) is 0 Å². The average Bonchev–Trinajstić information content (AvgIpc) is 1.85. The van der Waals surface area contributed by atoms with E-state index in [1.165, 1.54) is 4.90 Å². The van der Waals surface area contributed by atoms with Crippen molar-refractivity contribution < 1.29 is 4.79 Å². The topological polar surface area (TPSA) is 84.7 Å². The smallest absolute Gasteiger partial charge is 0.346 e. The van der Waals surface area contributed by atoms with Gasteiger partial charge in [-0.25, -0.2) is 4.79 Å². The Kier molecular flexibility index (Phi) is 3.24. The van der Waals surface area contributed by atoms with Crippen molar-refractivity contribution in [3.63, 3.8) is 0 Å². The van der Waals surface area contributed by atoms with Crippen molar-refractivity contribution in [2.24, 2.45) is 16.5 Å². The number of hydrogen-bond donors (Lipinski definition) is 2. The van der Waals surface area contributed by atoms with Gasteiger partial charge in [-0.1, -0.05) is 0 Å². The Labute approximate surface area is 59.7 Å². The quantitative estimate of drug-likeness (QED) is 0.378. The van der Waals surface area contributed by atoms with Crippen LogP contribution in [0.2, 0.25) is 0 Å². The standard InChI is InChI=1S/C5H12N4O/c1-3-9(2)5(10)8-4(6)7/h3H2,1-2H3,(H4,6,7,8,10). The number of nitrogens with zero attached hydrogens (tertiary/aromatic N) is 2. The van der Waals surface area contributed by atoms with Crippen LogP contribution in [0.1, 0.15) is 6.92 Å². The molecule has 0 radical (unpaired) electrons. The van der Waals surface area contributed by atoms with Gasteiger partial charge in [0.25, 0.3) is 0 Å². The largest absolute Gasteiger partial charge is 0.370 e. The number of guanidine groups is 1. The lowest BCUT2D eigenvalue weighted by Crippen LogP contribution is -2.29. The van der Waals surface area contributed by atoms with Crippen LogP contribution in [-0.2, 0) is 0 Å². The Morgan fingerprint density at radius 1 is 1.60 bits per heavy atom. The number of nitrogens with two attached hydrogens (primary N) is 2. The van der Waals surface area contributed by atoms with Crippen LogP contribution >= 0.6 is 0 Å². The van der Waals surface area contributed by atoms with Crippen molar-refractivity contribution in [3.05, 3.63) is 0 Å². The van der Waals surface area contributed by atoms with Gasteiger partial charge in [-0.15, -0.1) is 0 Å². The third kappa shape index (κ3) is 2.91. The van der Waals surface area contributed by atoms with Crippen LogP contribution in [0.3, 0.4) is 0 Å². The van der Waals surface area contributed by atoms with Gasteiger partial charge in [0.15, 0.2) is 5.96 Å². The summed E-state index contributed by atoms with van der Waals surface area (Å²) in [6.07, 6.45) is 0. The second-order valence-electron chi connectivity index (χ2n) is 1.83. The lowest BCUT2D eigenvalue weighted by Gasteiger charge is -2.09. The summed E-state index contributed by atoms with van der Waals surface area (Å²) >= 11 is 0. The van der Waals surface area contributed by atoms with Crippen LogP contribution in [0.5, 0.6) is 0 Å². The fourth-order valence-corrected chi connectivity index (χ4v) is 0.331. The third-order valence-electron chi connectivity index (χ3n) is 1.03. The molecule has 2 amide bonds. The maximum absolute atomic E-state index is 10.8. The van der Waals surface area contributed by atoms with E-state index in [4.69, 9.17) is 11.5 Å². The first-order valence-corrected chi connectivity index (χ1v) is 2.92. The molecule has 0 saturated carbocycles. The predicted molar refractivity (Wildman–Crippen MR) is 39.5 cm³/mol. The molecule has 0 unspecified atom stereocenters. The molecule has 0 aromatic heterocycles. The van der Waals surface area contributed by atoms with E-state index in [0.29, 0.717) is 6.54 Å². The summed E-state index contributed by atoms with van der Waals surface area (Å²) in [4.78, 5) is 15.5. The van der Waals surface area contributed by atoms with Crippen molar-refractivity contribution >= 4 is 12.0 Å². The number of amides is 2. The number of rotatable bonds is 1. The number of carbonyl (C=O) groups is 1. The van der Waals surface area contributed by atoms with Crippen molar-refractivity contribution in [2.45, 2.75) is 6.92 Å². The minimum absolute atomic E-state index is 0.203. The van der Waals surface area contributed by atoms with Crippen LogP contribution in [0.25, 0.3) is 0 Å². The second kappa shape index (κ2) is 3.71. The van der Waals surface area contributed by atoms with Gasteiger partial charge in [-0.3, -0.25) is 0 Å². The van der Waals surface area contributed by atoms with E-state index < -0.39 is 6.03 Å². The molecular weight excluding hydrogens is 132 g/mol. The van der Waals surface area contributed by atoms with Gasteiger partial charge in [-0.2, -0.15) is 4.99 Å². The first kappa shape index (κ1) is 8.74. The van der Waals surface area contributed by atoms with E-state index in [1.54, 1.807) is 7.05 Å². The normalized spacial score (nSPS) is 8.60. The van der Waals surface area contributed by atoms with Gasteiger partial charge in [0.2, 0.25) is 0 Å². The maximum atomic E-state index is 10.8. The molecule has 0 atom stereocenters. The van der Waals surface area contributed by atoms with Crippen LogP contribution < -0.4 is 11.5 Å². The molecule has 0 aliphatic rings. The average molecular weight is 144 g/mol. The Bertz CT molecular complexity index is 150. The minimum atomic E-state index is -0.414. The van der Waals surface area contributed by atoms with Crippen molar-refractivity contribution in [3.8, 4) is 0 Å². The molecule has 58 valence electrons. The van der Waals surface area contributed by atoms with E-state index in [0.717, 1.165) is 0 Å². The number of hydrogen-bond acceptors (Lipinski definition) is 1. The molecule has 5 nitrogen and oxygen atoms in total. The van der Waals surface area contributed by atoms with Gasteiger partial charge < -0.3 is 16.4 Å². The fraction of sp³-hybridized carbons (Fsp3) is 0.600. The summed E-state index contributed by atoms with van der Waals surface area (Å²) in [7, 11) is 1.62. The highest BCUT2D eigenvalue weighted by Crippen LogP contribution is 1.85. The summed E-state index contributed by atoms with van der Waals surface area (Å²) in [5, 5.41) is 0. The zero-order valence-electron chi connectivity index (χ0n) is 6.16. The molecule has 0 fully saturated rings. The minimum Gasteiger partial charge on any atom is -0.370 e. The Hall–Kier alpha value is -1.26. The van der Waals surface area contributed by atoms with Gasteiger partial charge in [0.05, 0.1) is 0 Å². The molecule has 10 heavy (non-hydrogen) atoms. The van der Waals surface area contributed by atoms with E-state index >= 15 is 0 Å². The lowest BCUT2D eigenvalue weighted by atomic mass is 10.6. The molecule has 0 aromatic carbocycles. The van der Waals surface area contributed by atoms with Crippen molar-refractivity contribution in [1.29, 1.82) is 0 Å². The molecular formula is C5H12N4O. The monoisotopic (exact) mass is 144 g/mol. The molecule has 0 spiro atoms. The molecule has 0 bridgehead atoms. The first-order valence-electron chi connectivity index (χ1n) is 2.92. The number of aliphatic imine (C=N–C) groups is 1. The van der Waals surface area contributed by atoms with E-state index in [9.17, 15) is 4.79 Å². The maximum Gasteiger partial charge on any atom is 0.346 e. The zero-order chi connectivity index (χ0) is 8.15. The highest BCUT2D eigenvalue weighted by molar-refractivity contribution is 5.90. The molecule has 4 N–H and O–H groups in total. The fourth-order valence-electron chi connectivity index (χ4n) is 0.331. The van der Waals surface area contributed by atoms with E-state index in [1.807, 2.05) is 6.92 Å². The van der Waals surface area contributed by atoms with Crippen LogP contribution in [0.15, 0.2) is 4.99 Å². The first-order chi connectivity index (χ1) is 4.57. The Morgan fingerprint density at radius 2 is 2.10 bits per heavy atom. The molecule has 0 rings (SSSR count).